The van der Waals surface area contributed by atoms with Gasteiger partial charge in [-0.2, -0.15) is 0 Å². The molecule has 0 aliphatic carbocycles. The van der Waals surface area contributed by atoms with Gasteiger partial charge in [0.05, 0.1) is 22.1 Å². The average molecular weight is 831 g/mol. The van der Waals surface area contributed by atoms with Crippen LogP contribution in [0.4, 0.5) is 0 Å². The van der Waals surface area contributed by atoms with Gasteiger partial charge in [-0.1, -0.05) is 140 Å². The summed E-state index contributed by atoms with van der Waals surface area (Å²) < 4.78 is 4.83. The predicted octanol–water partition coefficient (Wildman–Crippen LogP) is 14.9. The van der Waals surface area contributed by atoms with E-state index in [-0.39, 0.29) is 0 Å². The van der Waals surface area contributed by atoms with E-state index in [2.05, 4.69) is 196 Å². The number of rotatable bonds is 7. The third-order valence-corrected chi connectivity index (χ3v) is 12.7. The van der Waals surface area contributed by atoms with Crippen molar-refractivity contribution in [2.45, 2.75) is 0 Å². The summed E-state index contributed by atoms with van der Waals surface area (Å²) in [6.07, 6.45) is 1.99. The number of aromatic nitrogens is 6. The van der Waals surface area contributed by atoms with Gasteiger partial charge in [0.25, 0.3) is 0 Å². The SMILES string of the molecule is c1ccc(-c2nc(-c3ccccc3)nc(-c3cc(-c4cc(-n5c6ccccc6c6ccccc65)cc(-n5c6ccccc6c6ccccc65)c4)cc(-c4ccc5[nH]ccc5c4)c3)n2)cc1. The first-order chi connectivity index (χ1) is 32.2. The number of benzene rings is 9. The van der Waals surface area contributed by atoms with Gasteiger partial charge in [0.15, 0.2) is 17.5 Å². The zero-order chi connectivity index (χ0) is 42.8. The van der Waals surface area contributed by atoms with Gasteiger partial charge in [-0.05, 0) is 107 Å². The molecule has 13 aromatic rings. The van der Waals surface area contributed by atoms with E-state index in [0.29, 0.717) is 17.5 Å². The quantitative estimate of drug-likeness (QED) is 0.174. The van der Waals surface area contributed by atoms with E-state index < -0.39 is 0 Å². The lowest BCUT2D eigenvalue weighted by molar-refractivity contribution is 1.07. The highest BCUT2D eigenvalue weighted by Gasteiger charge is 2.20. The molecule has 0 fully saturated rings. The lowest BCUT2D eigenvalue weighted by atomic mass is 9.94. The lowest BCUT2D eigenvalue weighted by Crippen LogP contribution is -2.01. The maximum Gasteiger partial charge on any atom is 0.164 e. The van der Waals surface area contributed by atoms with Crippen LogP contribution >= 0.6 is 0 Å². The highest BCUT2D eigenvalue weighted by molar-refractivity contribution is 6.11. The fourth-order valence-corrected chi connectivity index (χ4v) is 9.68. The van der Waals surface area contributed by atoms with Gasteiger partial charge < -0.3 is 14.1 Å². The first-order valence-corrected chi connectivity index (χ1v) is 21.9. The number of H-pyrrole nitrogens is 1. The first-order valence-electron chi connectivity index (χ1n) is 21.9. The summed E-state index contributed by atoms with van der Waals surface area (Å²) in [6, 6.07) is 77.8. The molecule has 304 valence electrons. The van der Waals surface area contributed by atoms with Crippen molar-refractivity contribution < 1.29 is 0 Å². The summed E-state index contributed by atoms with van der Waals surface area (Å²) >= 11 is 0. The van der Waals surface area contributed by atoms with Gasteiger partial charge in [-0.3, -0.25) is 0 Å². The van der Waals surface area contributed by atoms with Crippen molar-refractivity contribution in [3.8, 4) is 67.8 Å². The molecule has 65 heavy (non-hydrogen) atoms. The molecule has 0 aliphatic rings. The maximum absolute atomic E-state index is 5.23. The Labute approximate surface area is 374 Å². The third kappa shape index (κ3) is 6.22. The van der Waals surface area contributed by atoms with Crippen molar-refractivity contribution in [2.24, 2.45) is 0 Å². The minimum absolute atomic E-state index is 0.602. The molecule has 0 aliphatic heterocycles. The van der Waals surface area contributed by atoms with Crippen molar-refractivity contribution >= 4 is 54.5 Å². The van der Waals surface area contributed by atoms with Crippen LogP contribution < -0.4 is 0 Å². The Morgan fingerprint density at radius 3 is 1.18 bits per heavy atom. The molecule has 0 radical (unpaired) electrons. The zero-order valence-corrected chi connectivity index (χ0v) is 35.1. The van der Waals surface area contributed by atoms with Crippen molar-refractivity contribution in [2.75, 3.05) is 0 Å². The Morgan fingerprint density at radius 2 is 0.692 bits per heavy atom. The van der Waals surface area contributed by atoms with Crippen molar-refractivity contribution in [3.63, 3.8) is 0 Å². The molecule has 9 aromatic carbocycles. The van der Waals surface area contributed by atoms with Crippen LogP contribution in [0.5, 0.6) is 0 Å². The van der Waals surface area contributed by atoms with E-state index >= 15 is 0 Å². The number of nitrogens with one attached hydrogen (secondary N) is 1. The molecule has 13 rings (SSSR count). The topological polar surface area (TPSA) is 64.3 Å². The molecule has 0 bridgehead atoms. The minimum Gasteiger partial charge on any atom is -0.361 e. The number of hydrogen-bond acceptors (Lipinski definition) is 3. The monoisotopic (exact) mass is 830 g/mol. The van der Waals surface area contributed by atoms with E-state index in [9.17, 15) is 0 Å². The number of nitrogens with zero attached hydrogens (tertiary/aromatic N) is 5. The Kier molecular flexibility index (Phi) is 8.42. The maximum atomic E-state index is 5.23. The summed E-state index contributed by atoms with van der Waals surface area (Å²) in [4.78, 5) is 18.9. The molecule has 0 saturated heterocycles. The van der Waals surface area contributed by atoms with Crippen LogP contribution in [0, 0.1) is 0 Å². The first kappa shape index (κ1) is 36.8. The van der Waals surface area contributed by atoms with Crippen LogP contribution in [-0.4, -0.2) is 29.1 Å². The van der Waals surface area contributed by atoms with E-state index in [1.807, 2.05) is 42.6 Å². The van der Waals surface area contributed by atoms with Crippen molar-refractivity contribution in [1.29, 1.82) is 0 Å². The van der Waals surface area contributed by atoms with E-state index in [4.69, 9.17) is 15.0 Å². The predicted molar refractivity (Wildman–Crippen MR) is 268 cm³/mol. The number of fused-ring (bicyclic) bond motifs is 7. The second kappa shape index (κ2) is 14.9. The highest BCUT2D eigenvalue weighted by atomic mass is 15.0. The number of aromatic amines is 1. The summed E-state index contributed by atoms with van der Waals surface area (Å²) in [6.45, 7) is 0. The Hall–Kier alpha value is -8.87. The summed E-state index contributed by atoms with van der Waals surface area (Å²) in [5, 5.41) is 6.02. The third-order valence-electron chi connectivity index (χ3n) is 12.7. The summed E-state index contributed by atoms with van der Waals surface area (Å²) in [5.74, 6) is 1.85. The van der Waals surface area contributed by atoms with Gasteiger partial charge >= 0.3 is 0 Å². The second-order valence-corrected chi connectivity index (χ2v) is 16.6. The summed E-state index contributed by atoms with van der Waals surface area (Å²) in [7, 11) is 0. The average Bonchev–Trinajstić information content (AvgIpc) is 4.09. The molecular formula is C59H38N6. The molecule has 6 heteroatoms. The van der Waals surface area contributed by atoms with Crippen LogP contribution in [0.15, 0.2) is 225 Å². The van der Waals surface area contributed by atoms with Crippen molar-refractivity contribution in [1.82, 2.24) is 29.1 Å². The molecule has 0 saturated carbocycles. The van der Waals surface area contributed by atoms with E-state index in [1.54, 1.807) is 0 Å². The number of para-hydroxylation sites is 4. The Balaban J connectivity index is 1.11. The fourth-order valence-electron chi connectivity index (χ4n) is 9.68. The van der Waals surface area contributed by atoms with E-state index in [0.717, 1.165) is 83.3 Å². The normalized spacial score (nSPS) is 11.7. The van der Waals surface area contributed by atoms with Gasteiger partial charge in [0, 0.05) is 61.3 Å². The zero-order valence-electron chi connectivity index (χ0n) is 35.1. The molecule has 0 amide bonds. The van der Waals surface area contributed by atoms with E-state index in [1.165, 1.54) is 21.5 Å². The molecule has 4 heterocycles. The fraction of sp³-hybridized carbons (Fsp3) is 0. The molecule has 4 aromatic heterocycles. The standard InChI is InChI=1S/C59H38N6/c1-3-15-38(16-4-1)57-61-58(39-17-5-2-6-18-39)63-59(62-57)45-33-42(40-27-28-52-41(31-40)29-30-60-52)32-43(34-45)44-35-46(64-53-23-11-7-19-48(53)49-20-8-12-24-54(49)64)37-47(36-44)65-55-25-13-9-21-50(55)51-22-10-14-26-56(51)65/h1-37,60H. The Morgan fingerprint density at radius 1 is 0.292 bits per heavy atom. The smallest absolute Gasteiger partial charge is 0.164 e. The van der Waals surface area contributed by atoms with Gasteiger partial charge in [0.1, 0.15) is 0 Å². The van der Waals surface area contributed by atoms with Crippen LogP contribution in [0.2, 0.25) is 0 Å². The highest BCUT2D eigenvalue weighted by Crippen LogP contribution is 2.40. The van der Waals surface area contributed by atoms with Crippen LogP contribution in [-0.2, 0) is 0 Å². The lowest BCUT2D eigenvalue weighted by Gasteiger charge is -2.17. The van der Waals surface area contributed by atoms with Gasteiger partial charge in [-0.15, -0.1) is 0 Å². The largest absolute Gasteiger partial charge is 0.361 e. The number of hydrogen-bond donors (Lipinski definition) is 1. The van der Waals surface area contributed by atoms with Crippen LogP contribution in [0.25, 0.3) is 122 Å². The minimum atomic E-state index is 0.602. The second-order valence-electron chi connectivity index (χ2n) is 16.6. The van der Waals surface area contributed by atoms with Gasteiger partial charge in [-0.25, -0.2) is 15.0 Å². The molecule has 0 atom stereocenters. The van der Waals surface area contributed by atoms with Gasteiger partial charge in [0.2, 0.25) is 0 Å². The molecule has 1 N–H and O–H groups in total. The Bertz CT molecular complexity index is 3660. The molecule has 6 nitrogen and oxygen atoms in total. The molecular weight excluding hydrogens is 793 g/mol. The molecule has 0 unspecified atom stereocenters. The summed E-state index contributed by atoms with van der Waals surface area (Å²) in [5.41, 5.74) is 14.8. The van der Waals surface area contributed by atoms with Crippen LogP contribution in [0.1, 0.15) is 0 Å². The van der Waals surface area contributed by atoms with Crippen molar-refractivity contribution in [3.05, 3.63) is 225 Å². The van der Waals surface area contributed by atoms with Crippen LogP contribution in [0.3, 0.4) is 0 Å². The molecule has 0 spiro atoms.